The van der Waals surface area contributed by atoms with E-state index < -0.39 is 15.1 Å². The molecule has 1 fully saturated rings. The van der Waals surface area contributed by atoms with Gasteiger partial charge in [-0.2, -0.15) is 0 Å². The maximum Gasteiger partial charge on any atom is 0.261 e. The van der Waals surface area contributed by atoms with Crippen molar-refractivity contribution in [2.24, 2.45) is 0 Å². The summed E-state index contributed by atoms with van der Waals surface area (Å²) in [4.78, 5) is 13.3. The lowest BCUT2D eigenvalue weighted by Gasteiger charge is -2.09. The van der Waals surface area contributed by atoms with Gasteiger partial charge in [0.15, 0.2) is 9.84 Å². The SMILES string of the molecule is Cc1sc(C(=O)NCC2CCCS2(=O)=O)cc1N. The number of nitrogen functional groups attached to an aromatic ring is 1. The monoisotopic (exact) mass is 288 g/mol. The molecule has 1 saturated heterocycles. The second-order valence-corrected chi connectivity index (χ2v) is 8.12. The average molecular weight is 288 g/mol. The fourth-order valence-electron chi connectivity index (χ4n) is 1.99. The number of sulfone groups is 1. The molecule has 1 aromatic heterocycles. The van der Waals surface area contributed by atoms with Crippen LogP contribution in [0, 0.1) is 6.92 Å². The standard InChI is InChI=1S/C11H16N2O3S2/c1-7-9(12)5-10(17-7)11(14)13-6-8-3-2-4-18(8,15)16/h5,8H,2-4,6,12H2,1H3,(H,13,14). The lowest BCUT2D eigenvalue weighted by molar-refractivity contribution is 0.0957. The van der Waals surface area contributed by atoms with Gasteiger partial charge in [-0.05, 0) is 25.8 Å². The summed E-state index contributed by atoms with van der Waals surface area (Å²) in [6.07, 6.45) is 1.32. The Balaban J connectivity index is 1.97. The van der Waals surface area contributed by atoms with E-state index in [4.69, 9.17) is 5.73 Å². The number of aryl methyl sites for hydroxylation is 1. The predicted octanol–water partition coefficient (Wildman–Crippen LogP) is 0.946. The van der Waals surface area contributed by atoms with Crippen molar-refractivity contribution in [1.82, 2.24) is 5.32 Å². The van der Waals surface area contributed by atoms with Crippen LogP contribution in [0.1, 0.15) is 27.4 Å². The maximum absolute atomic E-state index is 11.8. The zero-order chi connectivity index (χ0) is 13.3. The zero-order valence-corrected chi connectivity index (χ0v) is 11.7. The molecule has 2 heterocycles. The van der Waals surface area contributed by atoms with Crippen molar-refractivity contribution >= 4 is 32.8 Å². The Labute approximate surface area is 110 Å². The highest BCUT2D eigenvalue weighted by Gasteiger charge is 2.31. The lowest BCUT2D eigenvalue weighted by Crippen LogP contribution is -2.34. The Morgan fingerprint density at radius 1 is 1.61 bits per heavy atom. The molecule has 18 heavy (non-hydrogen) atoms. The van der Waals surface area contributed by atoms with Crippen molar-refractivity contribution < 1.29 is 13.2 Å². The Hall–Kier alpha value is -1.08. The van der Waals surface area contributed by atoms with Gasteiger partial charge in [0.05, 0.1) is 15.9 Å². The first-order chi connectivity index (χ1) is 8.40. The van der Waals surface area contributed by atoms with Gasteiger partial charge in [-0.15, -0.1) is 11.3 Å². The van der Waals surface area contributed by atoms with Crippen molar-refractivity contribution in [3.63, 3.8) is 0 Å². The number of carbonyl (C=O) groups excluding carboxylic acids is 1. The summed E-state index contributed by atoms with van der Waals surface area (Å²) in [6.45, 7) is 2.04. The van der Waals surface area contributed by atoms with Gasteiger partial charge in [0.25, 0.3) is 5.91 Å². The molecule has 1 aromatic rings. The number of thiophene rings is 1. The molecule has 0 radical (unpaired) electrons. The summed E-state index contributed by atoms with van der Waals surface area (Å²) in [6, 6.07) is 1.62. The first-order valence-electron chi connectivity index (χ1n) is 5.76. The Morgan fingerprint density at radius 3 is 2.83 bits per heavy atom. The van der Waals surface area contributed by atoms with E-state index in [0.717, 1.165) is 4.88 Å². The smallest absolute Gasteiger partial charge is 0.261 e. The number of carbonyl (C=O) groups is 1. The highest BCUT2D eigenvalue weighted by atomic mass is 32.2. The highest BCUT2D eigenvalue weighted by Crippen LogP contribution is 2.23. The third-order valence-electron chi connectivity index (χ3n) is 3.13. The Kier molecular flexibility index (Phi) is 3.63. The minimum atomic E-state index is -3.00. The summed E-state index contributed by atoms with van der Waals surface area (Å²) in [5.74, 6) is -0.0135. The van der Waals surface area contributed by atoms with Gasteiger partial charge in [0, 0.05) is 17.1 Å². The second kappa shape index (κ2) is 4.89. The normalized spacial score (nSPS) is 21.9. The van der Waals surface area contributed by atoms with Gasteiger partial charge in [-0.1, -0.05) is 0 Å². The minimum Gasteiger partial charge on any atom is -0.398 e. The van der Waals surface area contributed by atoms with Gasteiger partial charge < -0.3 is 11.1 Å². The van der Waals surface area contributed by atoms with Crippen LogP contribution in [0.15, 0.2) is 6.07 Å². The molecule has 1 aliphatic heterocycles. The van der Waals surface area contributed by atoms with Crippen molar-refractivity contribution in [2.45, 2.75) is 25.0 Å². The van der Waals surface area contributed by atoms with Gasteiger partial charge in [-0.3, -0.25) is 4.79 Å². The van der Waals surface area contributed by atoms with Crippen LogP contribution >= 0.6 is 11.3 Å². The van der Waals surface area contributed by atoms with Gasteiger partial charge in [-0.25, -0.2) is 8.42 Å². The quantitative estimate of drug-likeness (QED) is 0.866. The molecule has 1 unspecified atom stereocenters. The predicted molar refractivity (Wildman–Crippen MR) is 72.6 cm³/mol. The molecule has 100 valence electrons. The largest absolute Gasteiger partial charge is 0.398 e. The van der Waals surface area contributed by atoms with Crippen molar-refractivity contribution in [2.75, 3.05) is 18.0 Å². The summed E-state index contributed by atoms with van der Waals surface area (Å²) in [7, 11) is -3.00. The van der Waals surface area contributed by atoms with Crippen LogP contribution in [-0.4, -0.2) is 31.9 Å². The highest BCUT2D eigenvalue weighted by molar-refractivity contribution is 7.92. The average Bonchev–Trinajstić information content (AvgIpc) is 2.79. The molecular formula is C11H16N2O3S2. The van der Waals surface area contributed by atoms with E-state index in [1.165, 1.54) is 11.3 Å². The van der Waals surface area contributed by atoms with Crippen LogP contribution in [0.25, 0.3) is 0 Å². The first kappa shape index (κ1) is 13.4. The number of hydrogen-bond donors (Lipinski definition) is 2. The van der Waals surface area contributed by atoms with Gasteiger partial charge in [0.2, 0.25) is 0 Å². The fourth-order valence-corrected chi connectivity index (χ4v) is 4.61. The van der Waals surface area contributed by atoms with Crippen LogP contribution in [0.4, 0.5) is 5.69 Å². The summed E-state index contributed by atoms with van der Waals surface area (Å²) in [5, 5.41) is 2.24. The number of anilines is 1. The van der Waals surface area contributed by atoms with E-state index in [1.807, 2.05) is 6.92 Å². The molecular weight excluding hydrogens is 272 g/mol. The van der Waals surface area contributed by atoms with E-state index in [2.05, 4.69) is 5.32 Å². The first-order valence-corrected chi connectivity index (χ1v) is 8.29. The number of nitrogens with two attached hydrogens (primary N) is 1. The Bertz CT molecular complexity index is 543. The Morgan fingerprint density at radius 2 is 2.33 bits per heavy atom. The van der Waals surface area contributed by atoms with Gasteiger partial charge in [0.1, 0.15) is 0 Å². The molecule has 0 saturated carbocycles. The van der Waals surface area contributed by atoms with Crippen molar-refractivity contribution in [3.05, 3.63) is 15.8 Å². The molecule has 2 rings (SSSR count). The van der Waals surface area contributed by atoms with Crippen LogP contribution < -0.4 is 11.1 Å². The van der Waals surface area contributed by atoms with Gasteiger partial charge >= 0.3 is 0 Å². The number of rotatable bonds is 3. The molecule has 0 aromatic carbocycles. The minimum absolute atomic E-state index is 0.192. The summed E-state index contributed by atoms with van der Waals surface area (Å²) >= 11 is 1.32. The number of hydrogen-bond acceptors (Lipinski definition) is 5. The summed E-state index contributed by atoms with van der Waals surface area (Å²) < 4.78 is 23.2. The van der Waals surface area contributed by atoms with E-state index in [1.54, 1.807) is 6.07 Å². The second-order valence-electron chi connectivity index (χ2n) is 4.46. The van der Waals surface area contributed by atoms with E-state index in [9.17, 15) is 13.2 Å². The third-order valence-corrected chi connectivity index (χ3v) is 6.47. The molecule has 0 spiro atoms. The van der Waals surface area contributed by atoms with Crippen LogP contribution in [-0.2, 0) is 9.84 Å². The fraction of sp³-hybridized carbons (Fsp3) is 0.545. The molecule has 0 bridgehead atoms. The maximum atomic E-state index is 11.8. The number of nitrogens with one attached hydrogen (secondary N) is 1. The van der Waals surface area contributed by atoms with E-state index in [-0.39, 0.29) is 18.2 Å². The lowest BCUT2D eigenvalue weighted by atomic mass is 10.2. The molecule has 3 N–H and O–H groups in total. The van der Waals surface area contributed by atoms with Crippen LogP contribution in [0.2, 0.25) is 0 Å². The third kappa shape index (κ3) is 2.67. The zero-order valence-electron chi connectivity index (χ0n) is 10.1. The molecule has 0 aliphatic carbocycles. The number of amides is 1. The molecule has 7 heteroatoms. The molecule has 5 nitrogen and oxygen atoms in total. The topological polar surface area (TPSA) is 89.3 Å². The van der Waals surface area contributed by atoms with Crippen molar-refractivity contribution in [3.8, 4) is 0 Å². The van der Waals surface area contributed by atoms with Crippen molar-refractivity contribution in [1.29, 1.82) is 0 Å². The molecule has 1 amide bonds. The molecule has 1 aliphatic rings. The van der Waals surface area contributed by atoms with Crippen LogP contribution in [0.3, 0.4) is 0 Å². The molecule has 1 atom stereocenters. The van der Waals surface area contributed by atoms with E-state index >= 15 is 0 Å². The van der Waals surface area contributed by atoms with Crippen LogP contribution in [0.5, 0.6) is 0 Å². The van der Waals surface area contributed by atoms with E-state index in [0.29, 0.717) is 23.4 Å². The summed E-state index contributed by atoms with van der Waals surface area (Å²) in [5.41, 5.74) is 6.27.